The maximum absolute atomic E-state index is 12.0. The molecule has 2 aliphatic rings. The Morgan fingerprint density at radius 1 is 0.308 bits per heavy atom. The van der Waals surface area contributed by atoms with Gasteiger partial charge in [0.15, 0.2) is 0 Å². The summed E-state index contributed by atoms with van der Waals surface area (Å²) in [5.74, 6) is 0. The van der Waals surface area contributed by atoms with Crippen LogP contribution in [0.5, 0.6) is 0 Å². The van der Waals surface area contributed by atoms with Crippen LogP contribution in [-0.4, -0.2) is 71.8 Å². The third-order valence-electron chi connectivity index (χ3n) is 10.5. The zero-order valence-corrected chi connectivity index (χ0v) is 37.3. The van der Waals surface area contributed by atoms with Gasteiger partial charge >= 0.3 is 0 Å². The normalized spacial score (nSPS) is 12.9. The molecule has 0 unspecified atom stereocenters. The molecule has 16 nitrogen and oxygen atoms in total. The van der Waals surface area contributed by atoms with E-state index in [9.17, 15) is 51.9 Å². The number of nitrogens with zero attached hydrogens (tertiary/aromatic N) is 2. The van der Waals surface area contributed by atoms with Crippen molar-refractivity contribution in [3.8, 4) is 44.5 Å². The van der Waals surface area contributed by atoms with Crippen molar-refractivity contribution < 1.29 is 69.0 Å². The monoisotopic (exact) mass is 989 g/mol. The van der Waals surface area contributed by atoms with Crippen molar-refractivity contribution in [3.05, 3.63) is 144 Å². The van der Waals surface area contributed by atoms with Crippen LogP contribution in [0.2, 0.25) is 0 Å². The molecule has 0 fully saturated rings. The summed E-state index contributed by atoms with van der Waals surface area (Å²) in [7, 11) is -18.2. The van der Waals surface area contributed by atoms with Crippen LogP contribution in [0, 0.1) is 0 Å². The number of fused-ring (bicyclic) bond motifs is 8. The van der Waals surface area contributed by atoms with Crippen LogP contribution in [0.3, 0.4) is 0 Å². The Hall–Kier alpha value is -6.36. The minimum absolute atomic E-state index is 0. The number of benzene rings is 4. The summed E-state index contributed by atoms with van der Waals surface area (Å²) in [5, 5.41) is 0. The van der Waals surface area contributed by atoms with Crippen molar-refractivity contribution in [1.82, 2.24) is 19.9 Å². The molecule has 0 spiro atoms. The van der Waals surface area contributed by atoms with Gasteiger partial charge in [-0.25, -0.2) is 9.97 Å². The summed E-state index contributed by atoms with van der Waals surface area (Å²) < 4.78 is 135. The molecular weight excluding hydrogens is 960 g/mol. The fourth-order valence-electron chi connectivity index (χ4n) is 7.59. The number of nitrogens with one attached hydrogen (secondary N) is 2. The summed E-state index contributed by atoms with van der Waals surface area (Å²) in [5.41, 5.74) is 7.41. The van der Waals surface area contributed by atoms with Gasteiger partial charge in [0, 0.05) is 61.4 Å². The van der Waals surface area contributed by atoms with Crippen molar-refractivity contribution in [3.63, 3.8) is 0 Å². The summed E-state index contributed by atoms with van der Waals surface area (Å²) >= 11 is 0. The maximum Gasteiger partial charge on any atom is 0.294 e. The standard InChI is InChI=1S/C44H30N4O12S4.Mn/c49-61(50,51)29-9-1-25(2-10-29)41-33-17-19-35(45-33)42(26-3-11-30(12-4-26)62(52,53)54)37-21-23-39(47-37)44(28-7-15-32(16-8-28)64(58,59)60)40-24-22-38(48-40)43(36-20-18-34(41)46-36)27-5-13-31(14-6-27)63(55,56)57;/h1-24,45,48H,(H,49,50,51)(H,52,53,54)(H,55,56,57)(H,58,59,60);. The molecule has 0 aliphatic carbocycles. The van der Waals surface area contributed by atoms with Gasteiger partial charge < -0.3 is 9.97 Å². The summed E-state index contributed by atoms with van der Waals surface area (Å²) in [4.78, 5) is 15.6. The van der Waals surface area contributed by atoms with Crippen LogP contribution < -0.4 is 0 Å². The molecule has 2 aliphatic heterocycles. The van der Waals surface area contributed by atoms with Gasteiger partial charge in [-0.15, -0.1) is 0 Å². The van der Waals surface area contributed by atoms with E-state index in [1.54, 1.807) is 48.6 Å². The Morgan fingerprint density at radius 3 is 0.662 bits per heavy atom. The van der Waals surface area contributed by atoms with Crippen LogP contribution in [0.25, 0.3) is 90.9 Å². The molecule has 7 aromatic rings. The van der Waals surface area contributed by atoms with Crippen molar-refractivity contribution in [1.29, 1.82) is 0 Å². The molecule has 5 heterocycles. The van der Waals surface area contributed by atoms with E-state index in [2.05, 4.69) is 9.97 Å². The number of aromatic amines is 2. The molecule has 0 saturated carbocycles. The molecule has 4 aromatic carbocycles. The first-order chi connectivity index (χ1) is 30.2. The second-order valence-corrected chi connectivity index (χ2v) is 20.2. The Bertz CT molecular complexity index is 3300. The molecule has 65 heavy (non-hydrogen) atoms. The second kappa shape index (κ2) is 16.6. The molecule has 0 saturated heterocycles. The fourth-order valence-corrected chi connectivity index (χ4v) is 9.51. The number of aromatic nitrogens is 4. The quantitative estimate of drug-likeness (QED) is 0.0617. The first-order valence-electron chi connectivity index (χ1n) is 18.7. The minimum Gasteiger partial charge on any atom is -0.354 e. The average molecular weight is 990 g/mol. The summed E-state index contributed by atoms with van der Waals surface area (Å²) in [6.07, 6.45) is 6.92. The molecule has 1 radical (unpaired) electrons. The van der Waals surface area contributed by atoms with E-state index in [1.807, 2.05) is 0 Å². The Balaban J connectivity index is 0.00000576. The van der Waals surface area contributed by atoms with Crippen LogP contribution in [0.1, 0.15) is 22.8 Å². The zero-order valence-electron chi connectivity index (χ0n) is 32.8. The van der Waals surface area contributed by atoms with Gasteiger partial charge in [-0.05, 0) is 119 Å². The molecule has 8 bridgehead atoms. The van der Waals surface area contributed by atoms with Crippen molar-refractivity contribution in [2.75, 3.05) is 0 Å². The fraction of sp³-hybridized carbons (Fsp3) is 0. The third-order valence-corrected chi connectivity index (χ3v) is 14.0. The average Bonchev–Trinajstić information content (AvgIpc) is 4.08. The van der Waals surface area contributed by atoms with Crippen LogP contribution in [-0.2, 0) is 57.5 Å². The van der Waals surface area contributed by atoms with Crippen molar-refractivity contribution in [2.45, 2.75) is 19.6 Å². The molecule has 6 N–H and O–H groups in total. The Kier molecular flexibility index (Phi) is 11.5. The second-order valence-electron chi connectivity index (χ2n) is 14.5. The van der Waals surface area contributed by atoms with Gasteiger partial charge in [0.05, 0.1) is 42.4 Å². The Morgan fingerprint density at radius 2 is 0.492 bits per heavy atom. The predicted molar refractivity (Wildman–Crippen MR) is 240 cm³/mol. The first-order valence-corrected chi connectivity index (χ1v) is 24.5. The molecule has 3 aromatic heterocycles. The number of hydrogen-bond acceptors (Lipinski definition) is 10. The molecule has 9 rings (SSSR count). The van der Waals surface area contributed by atoms with E-state index in [1.165, 1.54) is 97.1 Å². The van der Waals surface area contributed by atoms with Gasteiger partial charge in [0.2, 0.25) is 0 Å². The smallest absolute Gasteiger partial charge is 0.294 e. The van der Waals surface area contributed by atoms with E-state index < -0.39 is 40.5 Å². The van der Waals surface area contributed by atoms with Gasteiger partial charge in [-0.1, -0.05) is 48.5 Å². The maximum atomic E-state index is 12.0. The van der Waals surface area contributed by atoms with E-state index >= 15 is 0 Å². The third kappa shape index (κ3) is 8.89. The number of rotatable bonds is 8. The van der Waals surface area contributed by atoms with Crippen LogP contribution in [0.15, 0.2) is 141 Å². The largest absolute Gasteiger partial charge is 0.354 e. The van der Waals surface area contributed by atoms with Gasteiger partial charge in [0.1, 0.15) is 0 Å². The van der Waals surface area contributed by atoms with Gasteiger partial charge in [-0.2, -0.15) is 33.7 Å². The van der Waals surface area contributed by atoms with Gasteiger partial charge in [0.25, 0.3) is 40.5 Å². The molecular formula is C44H30MnN4O12S4. The summed E-state index contributed by atoms with van der Waals surface area (Å²) in [6, 6.07) is 29.0. The van der Waals surface area contributed by atoms with Crippen molar-refractivity contribution >= 4 is 86.8 Å². The number of H-pyrrole nitrogens is 2. The Labute approximate surface area is 381 Å². The van der Waals surface area contributed by atoms with Crippen LogP contribution in [0.4, 0.5) is 0 Å². The number of hydrogen-bond donors (Lipinski definition) is 6. The van der Waals surface area contributed by atoms with E-state index in [0.29, 0.717) is 89.4 Å². The molecule has 329 valence electrons. The predicted octanol–water partition coefficient (Wildman–Crippen LogP) is 8.31. The molecule has 0 atom stereocenters. The topological polar surface area (TPSA) is 275 Å². The minimum atomic E-state index is -4.55. The SMILES string of the molecule is O=S(=O)(O)c1ccc(-c2c3nc(c(-c4ccc(S(=O)(=O)O)cc4)c4ccc([nH]4)c(-c4ccc(S(=O)(=O)O)cc4)c4nc(c(-c5ccc(S(=O)(=O)O)cc5)c5ccc2[nH]5)C=C4)C=C3)cc1.[Mn]. The molecule has 21 heteroatoms. The van der Waals surface area contributed by atoms with E-state index in [0.717, 1.165) is 0 Å². The van der Waals surface area contributed by atoms with Gasteiger partial charge in [-0.3, -0.25) is 18.2 Å². The van der Waals surface area contributed by atoms with E-state index in [4.69, 9.17) is 9.97 Å². The van der Waals surface area contributed by atoms with Crippen molar-refractivity contribution in [2.24, 2.45) is 0 Å². The first kappa shape index (κ1) is 45.2. The van der Waals surface area contributed by atoms with Crippen LogP contribution >= 0.6 is 0 Å². The molecule has 0 amide bonds. The zero-order chi connectivity index (χ0) is 45.3. The van der Waals surface area contributed by atoms with E-state index in [-0.39, 0.29) is 36.7 Å². The summed E-state index contributed by atoms with van der Waals surface area (Å²) in [6.45, 7) is 0.